The average molecular weight is 424 g/mol. The van der Waals surface area contributed by atoms with Gasteiger partial charge in [0.05, 0.1) is 30.9 Å². The molecule has 0 aliphatic rings. The van der Waals surface area contributed by atoms with Gasteiger partial charge in [0.1, 0.15) is 5.82 Å². The fourth-order valence-corrected chi connectivity index (χ4v) is 3.49. The molecule has 0 saturated heterocycles. The lowest BCUT2D eigenvalue weighted by molar-refractivity contribution is -0.137. The van der Waals surface area contributed by atoms with E-state index in [2.05, 4.69) is 4.57 Å². The number of benzene rings is 2. The molecule has 0 amide bonds. The number of esters is 1. The SMILES string of the molecule is CCOC(=O)/C=C/c1ccc(Cc2nc3cc(N(CCO)CCO)ccc3n2C)cc1. The van der Waals surface area contributed by atoms with E-state index in [1.54, 1.807) is 13.0 Å². The molecule has 0 saturated carbocycles. The number of aromatic nitrogens is 2. The molecule has 0 aliphatic heterocycles. The minimum absolute atomic E-state index is 0.0243. The van der Waals surface area contributed by atoms with Gasteiger partial charge in [-0.2, -0.15) is 0 Å². The Labute approximate surface area is 182 Å². The lowest BCUT2D eigenvalue weighted by atomic mass is 10.1. The predicted octanol–water partition coefficient (Wildman–Crippen LogP) is 2.53. The van der Waals surface area contributed by atoms with Crippen LogP contribution in [0.3, 0.4) is 0 Å². The molecular formula is C24H29N3O4. The first kappa shape index (κ1) is 22.5. The van der Waals surface area contributed by atoms with Crippen LogP contribution in [0.2, 0.25) is 0 Å². The molecule has 3 rings (SSSR count). The maximum atomic E-state index is 11.4. The molecule has 31 heavy (non-hydrogen) atoms. The van der Waals surface area contributed by atoms with Crippen molar-refractivity contribution >= 4 is 28.8 Å². The van der Waals surface area contributed by atoms with Gasteiger partial charge < -0.3 is 24.4 Å². The number of ether oxygens (including phenoxy) is 1. The van der Waals surface area contributed by atoms with Crippen molar-refractivity contribution in [2.24, 2.45) is 7.05 Å². The molecule has 0 spiro atoms. The fourth-order valence-electron chi connectivity index (χ4n) is 3.49. The van der Waals surface area contributed by atoms with E-state index in [1.165, 1.54) is 6.08 Å². The van der Waals surface area contributed by atoms with E-state index in [9.17, 15) is 15.0 Å². The standard InChI is InChI=1S/C24H29N3O4/c1-3-31-24(30)11-8-18-4-6-19(7-5-18)16-23-25-21-17-20(9-10-22(21)26(23)2)27(12-14-28)13-15-29/h4-11,17,28-29H,3,12-16H2,1-2H3/b11-8+. The summed E-state index contributed by atoms with van der Waals surface area (Å²) in [5.41, 5.74) is 4.89. The minimum atomic E-state index is -0.345. The number of hydrogen-bond donors (Lipinski definition) is 2. The number of imidazole rings is 1. The second-order valence-electron chi connectivity index (χ2n) is 7.20. The van der Waals surface area contributed by atoms with E-state index >= 15 is 0 Å². The van der Waals surface area contributed by atoms with Gasteiger partial charge in [0, 0.05) is 38.3 Å². The lowest BCUT2D eigenvalue weighted by Crippen LogP contribution is -2.29. The van der Waals surface area contributed by atoms with Crippen LogP contribution in [0, 0.1) is 0 Å². The van der Waals surface area contributed by atoms with E-state index in [0.717, 1.165) is 33.7 Å². The zero-order chi connectivity index (χ0) is 22.2. The molecule has 0 radical (unpaired) electrons. The van der Waals surface area contributed by atoms with Crippen LogP contribution in [-0.2, 0) is 23.0 Å². The van der Waals surface area contributed by atoms with Gasteiger partial charge in [-0.25, -0.2) is 9.78 Å². The molecule has 1 heterocycles. The maximum Gasteiger partial charge on any atom is 0.330 e. The Morgan fingerprint density at radius 2 is 1.84 bits per heavy atom. The second-order valence-corrected chi connectivity index (χ2v) is 7.20. The number of anilines is 1. The van der Waals surface area contributed by atoms with Gasteiger partial charge in [-0.05, 0) is 42.3 Å². The molecule has 7 heteroatoms. The molecule has 2 N–H and O–H groups in total. The summed E-state index contributed by atoms with van der Waals surface area (Å²) in [6, 6.07) is 14.0. The number of rotatable bonds is 10. The normalized spacial score (nSPS) is 11.4. The van der Waals surface area contributed by atoms with Crippen molar-refractivity contribution in [1.82, 2.24) is 9.55 Å². The van der Waals surface area contributed by atoms with Gasteiger partial charge in [-0.3, -0.25) is 0 Å². The Hall–Kier alpha value is -3.16. The molecule has 0 bridgehead atoms. The molecular weight excluding hydrogens is 394 g/mol. The summed E-state index contributed by atoms with van der Waals surface area (Å²) < 4.78 is 6.97. The summed E-state index contributed by atoms with van der Waals surface area (Å²) in [6.07, 6.45) is 3.85. The van der Waals surface area contributed by atoms with Crippen LogP contribution in [0.15, 0.2) is 48.5 Å². The Kier molecular flexibility index (Phi) is 7.81. The van der Waals surface area contributed by atoms with Gasteiger partial charge >= 0.3 is 5.97 Å². The number of hydrogen-bond acceptors (Lipinski definition) is 6. The Balaban J connectivity index is 1.77. The molecule has 0 fully saturated rings. The summed E-state index contributed by atoms with van der Waals surface area (Å²) in [5.74, 6) is 0.597. The van der Waals surface area contributed by atoms with E-state index < -0.39 is 0 Å². The lowest BCUT2D eigenvalue weighted by Gasteiger charge is -2.22. The van der Waals surface area contributed by atoms with Crippen LogP contribution in [0.4, 0.5) is 5.69 Å². The maximum absolute atomic E-state index is 11.4. The van der Waals surface area contributed by atoms with Crippen LogP contribution in [0.5, 0.6) is 0 Å². The van der Waals surface area contributed by atoms with Crippen molar-refractivity contribution in [2.45, 2.75) is 13.3 Å². The predicted molar refractivity (Wildman–Crippen MR) is 122 cm³/mol. The fraction of sp³-hybridized carbons (Fsp3) is 0.333. The molecule has 0 aliphatic carbocycles. The summed E-state index contributed by atoms with van der Waals surface area (Å²) in [7, 11) is 2.00. The number of aryl methyl sites for hydroxylation is 1. The molecule has 3 aromatic rings. The highest BCUT2D eigenvalue weighted by atomic mass is 16.5. The number of nitrogens with zero attached hydrogens (tertiary/aromatic N) is 3. The quantitative estimate of drug-likeness (QED) is 0.385. The third-order valence-electron chi connectivity index (χ3n) is 5.10. The zero-order valence-electron chi connectivity index (χ0n) is 18.0. The van der Waals surface area contributed by atoms with Crippen molar-refractivity contribution in [3.05, 3.63) is 65.5 Å². The number of carbonyl (C=O) groups excluding carboxylic acids is 1. The van der Waals surface area contributed by atoms with Crippen molar-refractivity contribution in [2.75, 3.05) is 37.8 Å². The van der Waals surface area contributed by atoms with Crippen LogP contribution in [0.25, 0.3) is 17.1 Å². The molecule has 0 unspecified atom stereocenters. The van der Waals surface area contributed by atoms with E-state index in [0.29, 0.717) is 26.1 Å². The monoisotopic (exact) mass is 423 g/mol. The van der Waals surface area contributed by atoms with Crippen molar-refractivity contribution in [3.8, 4) is 0 Å². The minimum Gasteiger partial charge on any atom is -0.463 e. The Morgan fingerprint density at radius 3 is 2.48 bits per heavy atom. The third kappa shape index (κ3) is 5.71. The van der Waals surface area contributed by atoms with Gasteiger partial charge in [0.2, 0.25) is 0 Å². The molecule has 1 aromatic heterocycles. The summed E-state index contributed by atoms with van der Waals surface area (Å²) >= 11 is 0. The van der Waals surface area contributed by atoms with Crippen LogP contribution >= 0.6 is 0 Å². The summed E-state index contributed by atoms with van der Waals surface area (Å²) in [5, 5.41) is 18.6. The topological polar surface area (TPSA) is 87.8 Å². The number of carbonyl (C=O) groups is 1. The van der Waals surface area contributed by atoms with Crippen molar-refractivity contribution in [3.63, 3.8) is 0 Å². The summed E-state index contributed by atoms with van der Waals surface area (Å²) in [6.45, 7) is 3.11. The van der Waals surface area contributed by atoms with Gasteiger partial charge in [0.15, 0.2) is 0 Å². The van der Waals surface area contributed by atoms with E-state index in [1.807, 2.05) is 54.4 Å². The van der Waals surface area contributed by atoms with Crippen LogP contribution in [0.1, 0.15) is 23.9 Å². The van der Waals surface area contributed by atoms with Gasteiger partial charge in [-0.1, -0.05) is 24.3 Å². The first-order valence-electron chi connectivity index (χ1n) is 10.4. The van der Waals surface area contributed by atoms with Gasteiger partial charge in [-0.15, -0.1) is 0 Å². The smallest absolute Gasteiger partial charge is 0.330 e. The van der Waals surface area contributed by atoms with Crippen molar-refractivity contribution in [1.29, 1.82) is 0 Å². The Bertz CT molecular complexity index is 1030. The molecule has 7 nitrogen and oxygen atoms in total. The highest BCUT2D eigenvalue weighted by Gasteiger charge is 2.12. The third-order valence-corrected chi connectivity index (χ3v) is 5.10. The molecule has 164 valence electrons. The van der Waals surface area contributed by atoms with Gasteiger partial charge in [0.25, 0.3) is 0 Å². The number of aliphatic hydroxyl groups is 2. The van der Waals surface area contributed by atoms with E-state index in [-0.39, 0.29) is 19.2 Å². The Morgan fingerprint density at radius 1 is 1.13 bits per heavy atom. The summed E-state index contributed by atoms with van der Waals surface area (Å²) in [4.78, 5) is 18.2. The van der Waals surface area contributed by atoms with Crippen LogP contribution < -0.4 is 4.90 Å². The molecule has 0 atom stereocenters. The zero-order valence-corrected chi connectivity index (χ0v) is 18.0. The second kappa shape index (κ2) is 10.7. The first-order chi connectivity index (χ1) is 15.0. The van der Waals surface area contributed by atoms with Crippen molar-refractivity contribution < 1.29 is 19.7 Å². The van der Waals surface area contributed by atoms with E-state index in [4.69, 9.17) is 9.72 Å². The highest BCUT2D eigenvalue weighted by molar-refractivity contribution is 5.87. The number of fused-ring (bicyclic) bond motifs is 1. The molecule has 2 aromatic carbocycles. The first-order valence-corrected chi connectivity index (χ1v) is 10.4. The highest BCUT2D eigenvalue weighted by Crippen LogP contribution is 2.23. The average Bonchev–Trinajstić information content (AvgIpc) is 3.08. The van der Waals surface area contributed by atoms with Crippen LogP contribution in [-0.4, -0.2) is 58.6 Å². The number of aliphatic hydroxyl groups excluding tert-OH is 2. The largest absolute Gasteiger partial charge is 0.463 e.